The second kappa shape index (κ2) is 5.86. The number of aliphatic hydroxyl groups is 1. The smallest absolute Gasteiger partial charge is 0.0948 e. The molecule has 2 rings (SSSR count). The molecule has 0 amide bonds. The molecule has 6 heteroatoms. The fraction of sp³-hybridized carbons (Fsp3) is 0.417. The van der Waals surface area contributed by atoms with Gasteiger partial charge in [-0.15, -0.1) is 11.3 Å². The van der Waals surface area contributed by atoms with E-state index in [1.807, 2.05) is 23.1 Å². The predicted octanol–water partition coefficient (Wildman–Crippen LogP) is 4.07. The van der Waals surface area contributed by atoms with Gasteiger partial charge < -0.3 is 5.11 Å². The van der Waals surface area contributed by atoms with Crippen LogP contribution in [-0.2, 0) is 13.0 Å². The molecule has 0 spiro atoms. The van der Waals surface area contributed by atoms with E-state index in [2.05, 4.69) is 43.9 Å². The second-order valence-corrected chi connectivity index (χ2v) is 6.61. The van der Waals surface area contributed by atoms with Gasteiger partial charge in [-0.25, -0.2) is 0 Å². The van der Waals surface area contributed by atoms with Crippen molar-refractivity contribution in [2.45, 2.75) is 32.9 Å². The fourth-order valence-corrected chi connectivity index (χ4v) is 3.95. The largest absolute Gasteiger partial charge is 0.387 e. The molecule has 2 aromatic rings. The van der Waals surface area contributed by atoms with Crippen molar-refractivity contribution in [3.05, 3.63) is 36.7 Å². The van der Waals surface area contributed by atoms with Crippen LogP contribution in [0.4, 0.5) is 0 Å². The molecule has 18 heavy (non-hydrogen) atoms. The quantitative estimate of drug-likeness (QED) is 0.849. The van der Waals surface area contributed by atoms with Gasteiger partial charge in [0, 0.05) is 22.3 Å². The first kappa shape index (κ1) is 14.2. The molecule has 2 aromatic heterocycles. The first-order valence-corrected chi connectivity index (χ1v) is 8.13. The van der Waals surface area contributed by atoms with Crippen molar-refractivity contribution in [2.75, 3.05) is 0 Å². The van der Waals surface area contributed by atoms with Crippen LogP contribution in [0.25, 0.3) is 0 Å². The van der Waals surface area contributed by atoms with Gasteiger partial charge in [-0.3, -0.25) is 4.68 Å². The lowest BCUT2D eigenvalue weighted by atomic mass is 10.1. The maximum absolute atomic E-state index is 10.3. The van der Waals surface area contributed by atoms with Crippen molar-refractivity contribution in [1.82, 2.24) is 9.78 Å². The lowest BCUT2D eigenvalue weighted by molar-refractivity contribution is 0.178. The SMILES string of the molecule is CCn1nc(C)c(Br)c1CC(O)c1sccc1Br. The van der Waals surface area contributed by atoms with Crippen LogP contribution >= 0.6 is 43.2 Å². The van der Waals surface area contributed by atoms with Crippen LogP contribution < -0.4 is 0 Å². The highest BCUT2D eigenvalue weighted by Crippen LogP contribution is 2.33. The average molecular weight is 394 g/mol. The number of aryl methyl sites for hydroxylation is 2. The van der Waals surface area contributed by atoms with Gasteiger partial charge in [0.25, 0.3) is 0 Å². The van der Waals surface area contributed by atoms with Crippen molar-refractivity contribution >= 4 is 43.2 Å². The van der Waals surface area contributed by atoms with E-state index in [1.165, 1.54) is 0 Å². The Morgan fingerprint density at radius 3 is 2.78 bits per heavy atom. The molecule has 0 radical (unpaired) electrons. The van der Waals surface area contributed by atoms with E-state index in [0.29, 0.717) is 6.42 Å². The molecule has 0 aliphatic carbocycles. The van der Waals surface area contributed by atoms with Crippen molar-refractivity contribution in [2.24, 2.45) is 0 Å². The van der Waals surface area contributed by atoms with Crippen LogP contribution in [0.5, 0.6) is 0 Å². The van der Waals surface area contributed by atoms with Crippen molar-refractivity contribution in [3.63, 3.8) is 0 Å². The fourth-order valence-electron chi connectivity index (χ4n) is 1.88. The molecule has 0 fully saturated rings. The van der Waals surface area contributed by atoms with E-state index < -0.39 is 6.10 Å². The zero-order chi connectivity index (χ0) is 13.3. The Morgan fingerprint density at radius 2 is 2.22 bits per heavy atom. The number of rotatable bonds is 4. The summed E-state index contributed by atoms with van der Waals surface area (Å²) in [7, 11) is 0. The summed E-state index contributed by atoms with van der Waals surface area (Å²) in [4.78, 5) is 0.961. The van der Waals surface area contributed by atoms with Crippen molar-refractivity contribution < 1.29 is 5.11 Å². The molecule has 1 unspecified atom stereocenters. The van der Waals surface area contributed by atoms with Crippen LogP contribution in [0, 0.1) is 6.92 Å². The van der Waals surface area contributed by atoms with Gasteiger partial charge >= 0.3 is 0 Å². The Labute approximate surface area is 127 Å². The number of hydrogen-bond acceptors (Lipinski definition) is 3. The molecule has 0 aliphatic rings. The van der Waals surface area contributed by atoms with Crippen LogP contribution in [0.3, 0.4) is 0 Å². The molecular weight excluding hydrogens is 380 g/mol. The summed E-state index contributed by atoms with van der Waals surface area (Å²) in [5, 5.41) is 16.7. The van der Waals surface area contributed by atoms with Crippen LogP contribution in [0.1, 0.15) is 29.3 Å². The first-order chi connectivity index (χ1) is 8.54. The molecule has 0 bridgehead atoms. The highest BCUT2D eigenvalue weighted by molar-refractivity contribution is 9.10. The minimum absolute atomic E-state index is 0.503. The summed E-state index contributed by atoms with van der Waals surface area (Å²) >= 11 is 8.57. The summed E-state index contributed by atoms with van der Waals surface area (Å²) in [5.41, 5.74) is 2.01. The van der Waals surface area contributed by atoms with Crippen LogP contribution in [0.2, 0.25) is 0 Å². The minimum Gasteiger partial charge on any atom is -0.387 e. The Kier molecular flexibility index (Phi) is 4.64. The number of aromatic nitrogens is 2. The van der Waals surface area contributed by atoms with Gasteiger partial charge in [-0.1, -0.05) is 0 Å². The molecule has 1 atom stereocenters. The molecule has 98 valence electrons. The highest BCUT2D eigenvalue weighted by Gasteiger charge is 2.19. The number of halogens is 2. The van der Waals surface area contributed by atoms with E-state index in [1.54, 1.807) is 11.3 Å². The normalized spacial score (nSPS) is 12.9. The number of hydrogen-bond donors (Lipinski definition) is 1. The van der Waals surface area contributed by atoms with Gasteiger partial charge in [0.05, 0.1) is 22.0 Å². The van der Waals surface area contributed by atoms with Gasteiger partial charge in [-0.2, -0.15) is 5.10 Å². The number of nitrogens with zero attached hydrogens (tertiary/aromatic N) is 2. The second-order valence-electron chi connectivity index (χ2n) is 4.01. The minimum atomic E-state index is -0.503. The maximum Gasteiger partial charge on any atom is 0.0948 e. The van der Waals surface area contributed by atoms with Crippen LogP contribution in [0.15, 0.2) is 20.4 Å². The van der Waals surface area contributed by atoms with Gasteiger partial charge in [-0.05, 0) is 57.2 Å². The molecular formula is C12H14Br2N2OS. The standard InChI is InChI=1S/C12H14Br2N2OS/c1-3-16-9(11(14)7(2)15-16)6-10(17)12-8(13)4-5-18-12/h4-5,10,17H,3,6H2,1-2H3. The molecule has 0 aromatic carbocycles. The summed E-state index contributed by atoms with van der Waals surface area (Å²) in [6, 6.07) is 1.96. The first-order valence-electron chi connectivity index (χ1n) is 5.67. The molecule has 2 heterocycles. The van der Waals surface area contributed by atoms with E-state index in [-0.39, 0.29) is 0 Å². The van der Waals surface area contributed by atoms with Gasteiger partial charge in [0.1, 0.15) is 0 Å². The van der Waals surface area contributed by atoms with Crippen molar-refractivity contribution in [3.8, 4) is 0 Å². The summed E-state index contributed by atoms with van der Waals surface area (Å²) < 4.78 is 3.90. The number of aliphatic hydroxyl groups excluding tert-OH is 1. The molecule has 0 saturated heterocycles. The molecule has 1 N–H and O–H groups in total. The summed E-state index contributed by atoms with van der Waals surface area (Å²) in [6.45, 7) is 4.82. The van der Waals surface area contributed by atoms with E-state index >= 15 is 0 Å². The highest BCUT2D eigenvalue weighted by atomic mass is 79.9. The van der Waals surface area contributed by atoms with E-state index in [4.69, 9.17) is 0 Å². The average Bonchev–Trinajstić information content (AvgIpc) is 2.87. The lowest BCUT2D eigenvalue weighted by Crippen LogP contribution is -2.08. The van der Waals surface area contributed by atoms with Gasteiger partial charge in [0.2, 0.25) is 0 Å². The third-order valence-electron chi connectivity index (χ3n) is 2.79. The number of thiophene rings is 1. The monoisotopic (exact) mass is 392 g/mol. The zero-order valence-electron chi connectivity index (χ0n) is 10.2. The van der Waals surface area contributed by atoms with Crippen LogP contribution in [-0.4, -0.2) is 14.9 Å². The predicted molar refractivity (Wildman–Crippen MR) is 81.0 cm³/mol. The Morgan fingerprint density at radius 1 is 1.50 bits per heavy atom. The molecule has 0 aliphatic heterocycles. The molecule has 0 saturated carbocycles. The Bertz CT molecular complexity index is 550. The van der Waals surface area contributed by atoms with Crippen molar-refractivity contribution in [1.29, 1.82) is 0 Å². The van der Waals surface area contributed by atoms with Gasteiger partial charge in [0.15, 0.2) is 0 Å². The zero-order valence-corrected chi connectivity index (χ0v) is 14.1. The van der Waals surface area contributed by atoms with E-state index in [9.17, 15) is 5.11 Å². The topological polar surface area (TPSA) is 38.0 Å². The summed E-state index contributed by atoms with van der Waals surface area (Å²) in [6.07, 6.45) is 0.0612. The third-order valence-corrected chi connectivity index (χ3v) is 5.79. The molecule has 3 nitrogen and oxygen atoms in total. The third kappa shape index (κ3) is 2.71. The maximum atomic E-state index is 10.3. The lowest BCUT2D eigenvalue weighted by Gasteiger charge is -2.11. The Balaban J connectivity index is 2.27. The van der Waals surface area contributed by atoms with E-state index in [0.717, 1.165) is 31.8 Å². The summed E-state index contributed by atoms with van der Waals surface area (Å²) in [5.74, 6) is 0. The Hall–Kier alpha value is -0.170.